The number of anilines is 1. The number of nitrogens with two attached hydrogens (primary N) is 1. The van der Waals surface area contributed by atoms with Crippen LogP contribution >= 0.6 is 11.8 Å². The first-order valence-corrected chi connectivity index (χ1v) is 6.22. The first-order chi connectivity index (χ1) is 9.42. The predicted molar refractivity (Wildman–Crippen MR) is 71.6 cm³/mol. The highest BCUT2D eigenvalue weighted by Crippen LogP contribution is 2.34. The molecule has 2 rings (SSSR count). The second kappa shape index (κ2) is 5.37. The van der Waals surface area contributed by atoms with E-state index in [-0.39, 0.29) is 16.6 Å². The van der Waals surface area contributed by atoms with E-state index < -0.39 is 16.9 Å². The molecule has 9 heteroatoms. The van der Waals surface area contributed by atoms with E-state index in [4.69, 9.17) is 10.5 Å². The Bertz CT molecular complexity index is 771. The summed E-state index contributed by atoms with van der Waals surface area (Å²) in [5, 5.41) is 2.52. The lowest BCUT2D eigenvalue weighted by molar-refractivity contribution is 0.385. The zero-order valence-corrected chi connectivity index (χ0v) is 11.5. The molecule has 0 amide bonds. The number of hydrogen-bond acceptors (Lipinski definition) is 6. The van der Waals surface area contributed by atoms with Crippen LogP contribution < -0.4 is 21.6 Å². The van der Waals surface area contributed by atoms with Gasteiger partial charge in [0.2, 0.25) is 0 Å². The van der Waals surface area contributed by atoms with Crippen molar-refractivity contribution in [2.45, 2.75) is 10.1 Å². The SMILES string of the molecule is COc1cc(Sc2nc(=O)c(=O)[nH]n2C)c(N)cc1F. The zero-order chi connectivity index (χ0) is 14.9. The first kappa shape index (κ1) is 14.1. The number of nitrogen functional groups attached to an aromatic ring is 1. The first-order valence-electron chi connectivity index (χ1n) is 5.40. The monoisotopic (exact) mass is 298 g/mol. The van der Waals surface area contributed by atoms with Gasteiger partial charge in [0.05, 0.1) is 7.11 Å². The molecule has 1 aromatic heterocycles. The molecule has 0 fully saturated rings. The Labute approximate surface area is 116 Å². The van der Waals surface area contributed by atoms with Crippen molar-refractivity contribution in [3.8, 4) is 5.75 Å². The number of nitrogens with zero attached hydrogens (tertiary/aromatic N) is 2. The average Bonchev–Trinajstić information content (AvgIpc) is 2.38. The van der Waals surface area contributed by atoms with Gasteiger partial charge in [-0.05, 0) is 17.8 Å². The highest BCUT2D eigenvalue weighted by atomic mass is 32.2. The van der Waals surface area contributed by atoms with Gasteiger partial charge in [0.1, 0.15) is 0 Å². The number of methoxy groups -OCH3 is 1. The minimum Gasteiger partial charge on any atom is -0.494 e. The van der Waals surface area contributed by atoms with Gasteiger partial charge in [0, 0.05) is 23.7 Å². The Morgan fingerprint density at radius 2 is 2.15 bits per heavy atom. The number of aromatic amines is 1. The molecule has 1 aromatic carbocycles. The van der Waals surface area contributed by atoms with Gasteiger partial charge < -0.3 is 10.5 Å². The zero-order valence-electron chi connectivity index (χ0n) is 10.6. The number of ether oxygens (including phenoxy) is 1. The minimum absolute atomic E-state index is 0.0242. The van der Waals surface area contributed by atoms with Gasteiger partial charge in [-0.2, -0.15) is 4.98 Å². The van der Waals surface area contributed by atoms with E-state index in [2.05, 4.69) is 10.1 Å². The summed E-state index contributed by atoms with van der Waals surface area (Å²) in [5.74, 6) is -0.561. The van der Waals surface area contributed by atoms with Crippen LogP contribution in [0.5, 0.6) is 5.75 Å². The Kier molecular flexibility index (Phi) is 3.79. The minimum atomic E-state index is -0.904. The summed E-state index contributed by atoms with van der Waals surface area (Å²) in [5.41, 5.74) is 4.16. The van der Waals surface area contributed by atoms with Crippen molar-refractivity contribution in [3.63, 3.8) is 0 Å². The van der Waals surface area contributed by atoms with Crippen LogP contribution in [0.15, 0.2) is 31.8 Å². The summed E-state index contributed by atoms with van der Waals surface area (Å²) in [4.78, 5) is 26.4. The molecule has 2 aromatic rings. The number of nitrogens with one attached hydrogen (secondary N) is 1. The van der Waals surface area contributed by atoms with E-state index in [0.717, 1.165) is 17.8 Å². The Balaban J connectivity index is 2.47. The Morgan fingerprint density at radius 1 is 1.45 bits per heavy atom. The van der Waals surface area contributed by atoms with Crippen molar-refractivity contribution >= 4 is 17.4 Å². The van der Waals surface area contributed by atoms with E-state index in [9.17, 15) is 14.0 Å². The van der Waals surface area contributed by atoms with Gasteiger partial charge in [0.25, 0.3) is 0 Å². The quantitative estimate of drug-likeness (QED) is 0.626. The number of H-pyrrole nitrogens is 1. The lowest BCUT2D eigenvalue weighted by Crippen LogP contribution is -2.33. The van der Waals surface area contributed by atoms with Crippen LogP contribution in [0.2, 0.25) is 0 Å². The van der Waals surface area contributed by atoms with Crippen LogP contribution in [0.3, 0.4) is 0 Å². The topological polar surface area (TPSA) is 103 Å². The standard InChI is InChI=1S/C11H11FN4O3S/c1-16-11(14-9(17)10(18)15-16)20-8-4-7(19-2)5(12)3-6(8)13/h3-4H,13H2,1-2H3,(H,15,18). The van der Waals surface area contributed by atoms with Crippen LogP contribution in [-0.2, 0) is 7.05 Å². The van der Waals surface area contributed by atoms with Gasteiger partial charge in [0.15, 0.2) is 16.7 Å². The molecule has 20 heavy (non-hydrogen) atoms. The molecule has 3 N–H and O–H groups in total. The maximum Gasteiger partial charge on any atom is 0.339 e. The van der Waals surface area contributed by atoms with Gasteiger partial charge >= 0.3 is 11.1 Å². The molecule has 0 aliphatic carbocycles. The van der Waals surface area contributed by atoms with E-state index in [1.165, 1.54) is 24.9 Å². The highest BCUT2D eigenvalue weighted by Gasteiger charge is 2.12. The number of halogens is 1. The smallest absolute Gasteiger partial charge is 0.339 e. The Morgan fingerprint density at radius 3 is 2.80 bits per heavy atom. The molecule has 0 spiro atoms. The number of hydrogen-bond donors (Lipinski definition) is 2. The third kappa shape index (κ3) is 2.67. The highest BCUT2D eigenvalue weighted by molar-refractivity contribution is 7.99. The molecule has 0 unspecified atom stereocenters. The van der Waals surface area contributed by atoms with Crippen LogP contribution in [-0.4, -0.2) is 21.9 Å². The third-order valence-corrected chi connectivity index (χ3v) is 3.55. The molecule has 0 aliphatic rings. The number of aromatic nitrogens is 3. The number of rotatable bonds is 3. The fourth-order valence-corrected chi connectivity index (χ4v) is 2.30. The van der Waals surface area contributed by atoms with Crippen molar-refractivity contribution in [2.24, 2.45) is 7.05 Å². The normalized spacial score (nSPS) is 10.6. The number of benzene rings is 1. The van der Waals surface area contributed by atoms with Crippen LogP contribution in [0.4, 0.5) is 10.1 Å². The van der Waals surface area contributed by atoms with E-state index >= 15 is 0 Å². The van der Waals surface area contributed by atoms with Crippen LogP contribution in [0.1, 0.15) is 0 Å². The van der Waals surface area contributed by atoms with Crippen molar-refractivity contribution in [1.29, 1.82) is 0 Å². The number of aryl methyl sites for hydroxylation is 1. The molecule has 0 saturated carbocycles. The summed E-state index contributed by atoms with van der Waals surface area (Å²) in [6, 6.07) is 2.51. The van der Waals surface area contributed by atoms with Crippen molar-refractivity contribution in [3.05, 3.63) is 38.7 Å². The van der Waals surface area contributed by atoms with Crippen LogP contribution in [0.25, 0.3) is 0 Å². The van der Waals surface area contributed by atoms with Gasteiger partial charge in [-0.1, -0.05) is 0 Å². The molecule has 7 nitrogen and oxygen atoms in total. The van der Waals surface area contributed by atoms with Gasteiger partial charge in [-0.25, -0.2) is 4.39 Å². The fourth-order valence-electron chi connectivity index (χ4n) is 1.45. The summed E-state index contributed by atoms with van der Waals surface area (Å²) in [6.45, 7) is 0. The third-order valence-electron chi connectivity index (χ3n) is 2.43. The second-order valence-corrected chi connectivity index (χ2v) is 4.84. The molecular weight excluding hydrogens is 287 g/mol. The average molecular weight is 298 g/mol. The van der Waals surface area contributed by atoms with E-state index in [1.807, 2.05) is 0 Å². The fraction of sp³-hybridized carbons (Fsp3) is 0.182. The molecule has 0 bridgehead atoms. The summed E-state index contributed by atoms with van der Waals surface area (Å²) in [6.07, 6.45) is 0. The molecule has 0 saturated heterocycles. The van der Waals surface area contributed by atoms with E-state index in [0.29, 0.717) is 4.90 Å². The largest absolute Gasteiger partial charge is 0.494 e. The second-order valence-electron chi connectivity index (χ2n) is 3.83. The van der Waals surface area contributed by atoms with Crippen LogP contribution in [0, 0.1) is 5.82 Å². The lowest BCUT2D eigenvalue weighted by atomic mass is 10.3. The van der Waals surface area contributed by atoms with E-state index in [1.54, 1.807) is 0 Å². The molecule has 1 heterocycles. The summed E-state index contributed by atoms with van der Waals surface area (Å²) < 4.78 is 19.6. The molecule has 0 aliphatic heterocycles. The van der Waals surface area contributed by atoms with Gasteiger partial charge in [-0.3, -0.25) is 19.4 Å². The predicted octanol–water partition coefficient (Wildman–Crippen LogP) is 0.350. The van der Waals surface area contributed by atoms with Crippen molar-refractivity contribution in [2.75, 3.05) is 12.8 Å². The lowest BCUT2D eigenvalue weighted by Gasteiger charge is -2.10. The maximum atomic E-state index is 13.4. The molecule has 0 atom stereocenters. The molecule has 0 radical (unpaired) electrons. The van der Waals surface area contributed by atoms with Crippen molar-refractivity contribution in [1.82, 2.24) is 14.8 Å². The summed E-state index contributed by atoms with van der Waals surface area (Å²) in [7, 11) is 2.85. The summed E-state index contributed by atoms with van der Waals surface area (Å²) >= 11 is 1.01. The van der Waals surface area contributed by atoms with Gasteiger partial charge in [-0.15, -0.1) is 0 Å². The molecular formula is C11H11FN4O3S. The molecule has 106 valence electrons. The Hall–Kier alpha value is -2.29. The maximum absolute atomic E-state index is 13.4. The van der Waals surface area contributed by atoms with Crippen molar-refractivity contribution < 1.29 is 9.13 Å².